The number of carbonyl (C=O) groups excluding carboxylic acids is 1. The summed E-state index contributed by atoms with van der Waals surface area (Å²) >= 11 is 0. The molecule has 0 unspecified atom stereocenters. The Labute approximate surface area is 239 Å². The number of alkyl halides is 3. The fourth-order valence-electron chi connectivity index (χ4n) is 5.15. The number of hydrogen-bond donors (Lipinski definition) is 1. The van der Waals surface area contributed by atoms with Gasteiger partial charge >= 0.3 is 6.18 Å². The number of nitrogens with zero attached hydrogens (tertiary/aromatic N) is 6. The molecule has 1 aromatic carbocycles. The number of ether oxygens (including phenoxy) is 1. The summed E-state index contributed by atoms with van der Waals surface area (Å²) in [7, 11) is 5.12. The highest BCUT2D eigenvalue weighted by Gasteiger charge is 2.37. The highest BCUT2D eigenvalue weighted by atomic mass is 19.4. The number of pyridine rings is 1. The summed E-state index contributed by atoms with van der Waals surface area (Å²) in [6.45, 7) is 3.40. The van der Waals surface area contributed by atoms with E-state index in [0.717, 1.165) is 17.2 Å². The monoisotopic (exact) mass is 589 g/mol. The maximum absolute atomic E-state index is 15.6. The van der Waals surface area contributed by atoms with Gasteiger partial charge in [-0.3, -0.25) is 9.59 Å². The Hall–Kier alpha value is -4.04. The highest BCUT2D eigenvalue weighted by Crippen LogP contribution is 2.37. The van der Waals surface area contributed by atoms with Crippen molar-refractivity contribution >= 4 is 23.2 Å². The second-order valence-corrected chi connectivity index (χ2v) is 10.6. The molecule has 14 heteroatoms. The van der Waals surface area contributed by atoms with E-state index in [4.69, 9.17) is 4.74 Å². The van der Waals surface area contributed by atoms with Crippen molar-refractivity contribution < 1.29 is 27.1 Å². The number of hydrogen-bond acceptors (Lipinski definition) is 8. The van der Waals surface area contributed by atoms with Crippen LogP contribution in [0.25, 0.3) is 11.1 Å². The first-order chi connectivity index (χ1) is 19.9. The number of benzene rings is 1. The average molecular weight is 590 g/mol. The average Bonchev–Trinajstić information content (AvgIpc) is 3.46. The molecule has 0 spiro atoms. The number of carbonyl (C=O) groups is 1. The van der Waals surface area contributed by atoms with Crippen molar-refractivity contribution in [1.82, 2.24) is 19.4 Å². The van der Waals surface area contributed by atoms with Gasteiger partial charge in [0.25, 0.3) is 11.5 Å². The van der Waals surface area contributed by atoms with Crippen molar-refractivity contribution in [2.45, 2.75) is 18.6 Å². The first-order valence-electron chi connectivity index (χ1n) is 13.4. The molecule has 2 aliphatic rings. The van der Waals surface area contributed by atoms with E-state index in [1.165, 1.54) is 31.6 Å². The number of anilines is 3. The molecule has 1 N–H and O–H groups in total. The predicted octanol–water partition coefficient (Wildman–Crippen LogP) is 3.23. The summed E-state index contributed by atoms with van der Waals surface area (Å²) in [6.07, 6.45) is -0.382. The van der Waals surface area contributed by atoms with Gasteiger partial charge in [0, 0.05) is 75.1 Å². The highest BCUT2D eigenvalue weighted by molar-refractivity contribution is 6.07. The molecule has 2 fully saturated rings. The van der Waals surface area contributed by atoms with E-state index in [0.29, 0.717) is 62.7 Å². The van der Waals surface area contributed by atoms with Crippen LogP contribution < -0.4 is 20.7 Å². The summed E-state index contributed by atoms with van der Waals surface area (Å²) in [4.78, 5) is 39.9. The molecule has 224 valence electrons. The summed E-state index contributed by atoms with van der Waals surface area (Å²) in [5.41, 5.74) is -2.14. The topological polar surface area (TPSA) is 95.8 Å². The molecule has 2 saturated heterocycles. The lowest BCUT2D eigenvalue weighted by Gasteiger charge is -2.27. The third-order valence-electron chi connectivity index (χ3n) is 7.59. The second kappa shape index (κ2) is 11.7. The summed E-state index contributed by atoms with van der Waals surface area (Å²) in [6, 6.07) is 3.21. The lowest BCUT2D eigenvalue weighted by atomic mass is 10.0. The minimum atomic E-state index is -4.94. The maximum atomic E-state index is 15.6. The Kier molecular flexibility index (Phi) is 8.19. The molecular weight excluding hydrogens is 558 g/mol. The molecule has 2 aliphatic heterocycles. The van der Waals surface area contributed by atoms with Crippen molar-refractivity contribution in [3.8, 4) is 11.1 Å². The first-order valence-corrected chi connectivity index (χ1v) is 13.4. The Balaban J connectivity index is 1.54. The zero-order chi connectivity index (χ0) is 30.2. The molecule has 0 aliphatic carbocycles. The number of rotatable bonds is 6. The quantitative estimate of drug-likeness (QED) is 0.438. The number of morpholine rings is 1. The molecule has 2 aromatic heterocycles. The van der Waals surface area contributed by atoms with Crippen LogP contribution >= 0.6 is 0 Å². The van der Waals surface area contributed by atoms with Gasteiger partial charge in [-0.05, 0) is 32.6 Å². The van der Waals surface area contributed by atoms with Crippen LogP contribution in [0, 0.1) is 5.82 Å². The van der Waals surface area contributed by atoms with Crippen molar-refractivity contribution in [3.63, 3.8) is 0 Å². The molecule has 42 heavy (non-hydrogen) atoms. The Morgan fingerprint density at radius 2 is 1.76 bits per heavy atom. The zero-order valence-electron chi connectivity index (χ0n) is 23.4. The van der Waals surface area contributed by atoms with Crippen LogP contribution in [-0.2, 0) is 18.0 Å². The van der Waals surface area contributed by atoms with Gasteiger partial charge < -0.3 is 29.3 Å². The largest absolute Gasteiger partial charge is 0.417 e. The number of nitrogens with one attached hydrogen (secondary N) is 1. The maximum Gasteiger partial charge on any atom is 0.417 e. The first kappa shape index (κ1) is 29.5. The van der Waals surface area contributed by atoms with Gasteiger partial charge in [0.2, 0.25) is 5.95 Å². The van der Waals surface area contributed by atoms with Gasteiger partial charge in [0.05, 0.1) is 35.7 Å². The number of likely N-dealkylation sites (N-methyl/N-ethyl adjacent to an activating group) is 1. The third kappa shape index (κ3) is 6.09. The van der Waals surface area contributed by atoms with E-state index >= 15 is 4.39 Å². The van der Waals surface area contributed by atoms with Crippen LogP contribution in [0.4, 0.5) is 34.9 Å². The van der Waals surface area contributed by atoms with Crippen molar-refractivity contribution in [3.05, 3.63) is 64.1 Å². The van der Waals surface area contributed by atoms with E-state index in [9.17, 15) is 22.8 Å². The van der Waals surface area contributed by atoms with Crippen molar-refractivity contribution in [1.29, 1.82) is 0 Å². The van der Waals surface area contributed by atoms with E-state index in [-0.39, 0.29) is 17.3 Å². The van der Waals surface area contributed by atoms with Gasteiger partial charge in [0.15, 0.2) is 0 Å². The number of halogens is 4. The van der Waals surface area contributed by atoms with E-state index < -0.39 is 34.6 Å². The Morgan fingerprint density at radius 3 is 2.38 bits per heavy atom. The fraction of sp³-hybridized carbons (Fsp3) is 0.429. The summed E-state index contributed by atoms with van der Waals surface area (Å²) in [5, 5.41) is 2.57. The van der Waals surface area contributed by atoms with Crippen LogP contribution in [0.1, 0.15) is 22.3 Å². The van der Waals surface area contributed by atoms with Crippen LogP contribution in [0.5, 0.6) is 0 Å². The molecule has 0 radical (unpaired) electrons. The Morgan fingerprint density at radius 1 is 1.07 bits per heavy atom. The van der Waals surface area contributed by atoms with E-state index in [2.05, 4.69) is 15.3 Å². The minimum Gasteiger partial charge on any atom is -0.378 e. The molecule has 0 bridgehead atoms. The molecule has 1 amide bonds. The third-order valence-corrected chi connectivity index (χ3v) is 7.59. The van der Waals surface area contributed by atoms with Gasteiger partial charge in [-0.2, -0.15) is 13.2 Å². The fourth-order valence-corrected chi connectivity index (χ4v) is 5.15. The normalized spacial score (nSPS) is 17.7. The number of aryl methyl sites for hydroxylation is 1. The smallest absolute Gasteiger partial charge is 0.378 e. The standard InChI is InChI=1S/C28H31F4N7O3/c1-36(2)18-4-5-39(15-18)24-12-22(29)19(17-13-33-27(34-14-17)38-6-8-42-9-7-38)10-23(24)35-26(41)20-16-37(3)25(40)11-21(20)28(30,31)32/h10-14,16,18H,4-9,15H2,1-3H3,(H,35,41)/t18-/m1/s1. The van der Waals surface area contributed by atoms with Crippen LogP contribution in [0.2, 0.25) is 0 Å². The molecule has 0 saturated carbocycles. The summed E-state index contributed by atoms with van der Waals surface area (Å²) in [5.74, 6) is -1.22. The molecule has 1 atom stereocenters. The summed E-state index contributed by atoms with van der Waals surface area (Å²) < 4.78 is 63.3. The van der Waals surface area contributed by atoms with Gasteiger partial charge in [-0.1, -0.05) is 0 Å². The molecule has 5 rings (SSSR count). The van der Waals surface area contributed by atoms with Gasteiger partial charge in [0.1, 0.15) is 5.82 Å². The van der Waals surface area contributed by atoms with Crippen LogP contribution in [0.15, 0.2) is 41.6 Å². The van der Waals surface area contributed by atoms with Gasteiger partial charge in [-0.25, -0.2) is 14.4 Å². The van der Waals surface area contributed by atoms with Crippen molar-refractivity contribution in [2.24, 2.45) is 7.05 Å². The Bertz CT molecular complexity index is 1520. The van der Waals surface area contributed by atoms with Gasteiger partial charge in [-0.15, -0.1) is 0 Å². The zero-order valence-corrected chi connectivity index (χ0v) is 23.4. The van der Waals surface area contributed by atoms with E-state index in [1.54, 1.807) is 0 Å². The molecular formula is C28H31F4N7O3. The van der Waals surface area contributed by atoms with E-state index in [1.807, 2.05) is 28.8 Å². The van der Waals surface area contributed by atoms with Crippen LogP contribution in [-0.4, -0.2) is 84.9 Å². The second-order valence-electron chi connectivity index (χ2n) is 10.6. The minimum absolute atomic E-state index is 0.0717. The SMILES string of the molecule is CN(C)[C@@H]1CCN(c2cc(F)c(-c3cnc(N4CCOCC4)nc3)cc2NC(=O)c2cn(C)c(=O)cc2C(F)(F)F)C1. The lowest BCUT2D eigenvalue weighted by molar-refractivity contribution is -0.138. The molecule has 4 heterocycles. The molecule has 3 aromatic rings. The predicted molar refractivity (Wildman–Crippen MR) is 149 cm³/mol. The number of aromatic nitrogens is 3. The van der Waals surface area contributed by atoms with Crippen molar-refractivity contribution in [2.75, 3.05) is 68.6 Å². The molecule has 10 nitrogen and oxygen atoms in total. The van der Waals surface area contributed by atoms with Crippen LogP contribution in [0.3, 0.4) is 0 Å². The lowest BCUT2D eigenvalue weighted by Crippen LogP contribution is -2.37. The number of amides is 1.